The lowest BCUT2D eigenvalue weighted by molar-refractivity contribution is -0.113. The minimum absolute atomic E-state index is 0.0330. The van der Waals surface area contributed by atoms with Crippen LogP contribution in [0.25, 0.3) is 22.7 Å². The summed E-state index contributed by atoms with van der Waals surface area (Å²) in [6, 6.07) is 21.6. The molecule has 2 aromatic heterocycles. The highest BCUT2D eigenvalue weighted by molar-refractivity contribution is 7.99. The van der Waals surface area contributed by atoms with Crippen LogP contribution in [0.2, 0.25) is 0 Å². The molecule has 3 heterocycles. The van der Waals surface area contributed by atoms with Crippen molar-refractivity contribution in [3.8, 4) is 11.6 Å². The van der Waals surface area contributed by atoms with Gasteiger partial charge in [-0.3, -0.25) is 24.3 Å². The minimum atomic E-state index is -0.482. The maximum absolute atomic E-state index is 12.7. The number of nitrogens with one attached hydrogen (secondary N) is 2. The number of carbonyl (C=O) groups excluding carboxylic acids is 3. The number of anilines is 1. The van der Waals surface area contributed by atoms with E-state index in [4.69, 9.17) is 0 Å². The Morgan fingerprint density at radius 2 is 1.67 bits per heavy atom. The average molecular weight is 497 g/mol. The van der Waals surface area contributed by atoms with Gasteiger partial charge in [0.2, 0.25) is 5.91 Å². The highest BCUT2D eigenvalue weighted by Crippen LogP contribution is 2.26. The zero-order chi connectivity index (χ0) is 24.6. The van der Waals surface area contributed by atoms with Gasteiger partial charge in [0.1, 0.15) is 5.52 Å². The predicted molar refractivity (Wildman–Crippen MR) is 131 cm³/mol. The molecule has 0 unspecified atom stereocenters. The molecule has 176 valence electrons. The molecule has 0 bridgehead atoms. The molecule has 1 aliphatic heterocycles. The summed E-state index contributed by atoms with van der Waals surface area (Å²) >= 11 is 1.20. The third-order valence-corrected chi connectivity index (χ3v) is 6.45. The van der Waals surface area contributed by atoms with Crippen LogP contribution >= 0.6 is 11.8 Å². The Kier molecular flexibility index (Phi) is 5.26. The number of fused-ring (bicyclic) bond motifs is 2. The number of para-hydroxylation sites is 2. The van der Waals surface area contributed by atoms with Gasteiger partial charge in [0.05, 0.1) is 28.1 Å². The molecular formula is C24H16N8O3S. The molecule has 0 aliphatic carbocycles. The van der Waals surface area contributed by atoms with Gasteiger partial charge < -0.3 is 5.32 Å². The molecule has 0 saturated carbocycles. The fraction of sp³-hybridized carbons (Fsp3) is 0.0417. The minimum Gasteiger partial charge on any atom is -0.325 e. The number of benzene rings is 3. The monoisotopic (exact) mass is 496 g/mol. The standard InChI is InChI=1S/C24H16N8O3S/c33-20(25-14-10-11-16-17(12-14)22(35)26-21(16)34)13-36-24-29-28-23(31(24)15-6-2-1-3-7-15)32-19-9-5-4-8-18(19)27-30-32/h1-12H,13H2,(H,25,33)(H,26,34,35). The van der Waals surface area contributed by atoms with E-state index >= 15 is 0 Å². The molecule has 6 rings (SSSR count). The first-order valence-electron chi connectivity index (χ1n) is 10.8. The van der Waals surface area contributed by atoms with Crippen molar-refractivity contribution in [2.75, 3.05) is 11.1 Å². The molecule has 0 atom stereocenters. The Morgan fingerprint density at radius 3 is 2.53 bits per heavy atom. The van der Waals surface area contributed by atoms with Crippen LogP contribution in [0.4, 0.5) is 5.69 Å². The summed E-state index contributed by atoms with van der Waals surface area (Å²) in [5.41, 5.74) is 3.24. The first kappa shape index (κ1) is 21.7. The molecule has 1 aliphatic rings. The van der Waals surface area contributed by atoms with Gasteiger partial charge in [-0.1, -0.05) is 47.3 Å². The Hall–Kier alpha value is -4.84. The zero-order valence-electron chi connectivity index (χ0n) is 18.5. The Morgan fingerprint density at radius 1 is 0.889 bits per heavy atom. The Bertz CT molecular complexity index is 1660. The molecule has 12 heteroatoms. The molecule has 3 amide bonds. The van der Waals surface area contributed by atoms with E-state index in [2.05, 4.69) is 31.1 Å². The molecule has 11 nitrogen and oxygen atoms in total. The van der Waals surface area contributed by atoms with Gasteiger partial charge in [-0.2, -0.15) is 4.68 Å². The maximum Gasteiger partial charge on any atom is 0.259 e. The number of rotatable bonds is 6. The van der Waals surface area contributed by atoms with Crippen LogP contribution in [-0.4, -0.2) is 53.2 Å². The van der Waals surface area contributed by atoms with Gasteiger partial charge >= 0.3 is 0 Å². The van der Waals surface area contributed by atoms with E-state index in [1.807, 2.05) is 59.2 Å². The van der Waals surface area contributed by atoms with E-state index in [-0.39, 0.29) is 22.8 Å². The number of amides is 3. The van der Waals surface area contributed by atoms with Crippen LogP contribution in [0, 0.1) is 0 Å². The fourth-order valence-electron chi connectivity index (χ4n) is 3.89. The van der Waals surface area contributed by atoms with Crippen molar-refractivity contribution in [2.24, 2.45) is 0 Å². The van der Waals surface area contributed by atoms with Gasteiger partial charge in [0.25, 0.3) is 17.8 Å². The summed E-state index contributed by atoms with van der Waals surface area (Å²) in [5, 5.41) is 22.6. The smallest absolute Gasteiger partial charge is 0.259 e. The van der Waals surface area contributed by atoms with E-state index < -0.39 is 11.8 Å². The second-order valence-electron chi connectivity index (χ2n) is 7.82. The van der Waals surface area contributed by atoms with E-state index in [1.54, 1.807) is 10.7 Å². The van der Waals surface area contributed by atoms with Crippen LogP contribution in [0.5, 0.6) is 0 Å². The summed E-state index contributed by atoms with van der Waals surface area (Å²) in [4.78, 5) is 36.3. The lowest BCUT2D eigenvalue weighted by atomic mass is 10.1. The maximum atomic E-state index is 12.7. The average Bonchev–Trinajstić information content (AvgIpc) is 3.58. The highest BCUT2D eigenvalue weighted by atomic mass is 32.2. The normalized spacial score (nSPS) is 12.6. The largest absolute Gasteiger partial charge is 0.325 e. The first-order valence-corrected chi connectivity index (χ1v) is 11.8. The molecule has 0 saturated heterocycles. The fourth-order valence-corrected chi connectivity index (χ4v) is 4.63. The topological polar surface area (TPSA) is 137 Å². The second-order valence-corrected chi connectivity index (χ2v) is 8.77. The van der Waals surface area contributed by atoms with E-state index in [1.165, 1.54) is 23.9 Å². The first-order chi connectivity index (χ1) is 17.6. The number of thioether (sulfide) groups is 1. The van der Waals surface area contributed by atoms with Crippen molar-refractivity contribution in [1.82, 2.24) is 35.1 Å². The third-order valence-electron chi connectivity index (χ3n) is 5.52. The quantitative estimate of drug-likeness (QED) is 0.270. The van der Waals surface area contributed by atoms with E-state index in [0.29, 0.717) is 16.8 Å². The zero-order valence-corrected chi connectivity index (χ0v) is 19.3. The molecule has 2 N–H and O–H groups in total. The van der Waals surface area contributed by atoms with Crippen molar-refractivity contribution in [3.05, 3.63) is 83.9 Å². The van der Waals surface area contributed by atoms with Gasteiger partial charge in [-0.25, -0.2) is 0 Å². The summed E-state index contributed by atoms with van der Waals surface area (Å²) in [6.07, 6.45) is 0. The molecule has 5 aromatic rings. The third kappa shape index (κ3) is 3.79. The number of hydrogen-bond acceptors (Lipinski definition) is 8. The number of imide groups is 1. The van der Waals surface area contributed by atoms with Crippen molar-refractivity contribution in [2.45, 2.75) is 5.16 Å². The van der Waals surface area contributed by atoms with Crippen LogP contribution in [0.1, 0.15) is 20.7 Å². The summed E-state index contributed by atoms with van der Waals surface area (Å²) in [7, 11) is 0. The van der Waals surface area contributed by atoms with E-state index in [0.717, 1.165) is 16.7 Å². The number of hydrogen-bond donors (Lipinski definition) is 2. The number of nitrogens with zero attached hydrogens (tertiary/aromatic N) is 6. The summed E-state index contributed by atoms with van der Waals surface area (Å²) in [5.74, 6) is -0.762. The predicted octanol–water partition coefficient (Wildman–Crippen LogP) is 2.62. The van der Waals surface area contributed by atoms with Crippen molar-refractivity contribution in [3.63, 3.8) is 0 Å². The Labute approximate surface area is 207 Å². The van der Waals surface area contributed by atoms with Crippen LogP contribution in [0.15, 0.2) is 78.0 Å². The van der Waals surface area contributed by atoms with Gasteiger partial charge in [0, 0.05) is 5.69 Å². The SMILES string of the molecule is O=C(CSc1nnc(-n2nnc3ccccc32)n1-c1ccccc1)Nc1ccc2c(c1)C(=O)NC2=O. The molecular weight excluding hydrogens is 480 g/mol. The van der Waals surface area contributed by atoms with Crippen molar-refractivity contribution < 1.29 is 14.4 Å². The molecule has 36 heavy (non-hydrogen) atoms. The molecule has 0 radical (unpaired) electrons. The molecule has 0 spiro atoms. The van der Waals surface area contributed by atoms with Crippen LogP contribution in [-0.2, 0) is 4.79 Å². The summed E-state index contributed by atoms with van der Waals surface area (Å²) < 4.78 is 3.42. The van der Waals surface area contributed by atoms with Crippen molar-refractivity contribution >= 4 is 46.2 Å². The van der Waals surface area contributed by atoms with Gasteiger partial charge in [-0.05, 0) is 42.5 Å². The number of aromatic nitrogens is 6. The van der Waals surface area contributed by atoms with Gasteiger partial charge in [-0.15, -0.1) is 15.3 Å². The molecule has 0 fully saturated rings. The van der Waals surface area contributed by atoms with Gasteiger partial charge in [0.15, 0.2) is 5.16 Å². The Balaban J connectivity index is 1.27. The van der Waals surface area contributed by atoms with Crippen LogP contribution in [0.3, 0.4) is 0 Å². The highest BCUT2D eigenvalue weighted by Gasteiger charge is 2.27. The van der Waals surface area contributed by atoms with E-state index in [9.17, 15) is 14.4 Å². The summed E-state index contributed by atoms with van der Waals surface area (Å²) in [6.45, 7) is 0. The van der Waals surface area contributed by atoms with Crippen LogP contribution < -0.4 is 10.6 Å². The molecule has 3 aromatic carbocycles. The lowest BCUT2D eigenvalue weighted by Gasteiger charge is -2.10. The lowest BCUT2D eigenvalue weighted by Crippen LogP contribution is -2.19. The number of carbonyl (C=O) groups is 3. The van der Waals surface area contributed by atoms with Crippen molar-refractivity contribution in [1.29, 1.82) is 0 Å². The second kappa shape index (κ2) is 8.74.